The Kier molecular flexibility index (Phi) is 8.14. The number of benzene rings is 2. The fraction of sp³-hybridized carbons (Fsp3) is 0.300. The molecule has 0 aliphatic carbocycles. The molecule has 2 aromatic carbocycles. The normalized spacial score (nSPS) is 11.9. The van der Waals surface area contributed by atoms with Gasteiger partial charge >= 0.3 is 8.60 Å². The van der Waals surface area contributed by atoms with Crippen LogP contribution in [-0.2, 0) is 13.6 Å². The highest BCUT2D eigenvalue weighted by Gasteiger charge is 2.10. The van der Waals surface area contributed by atoms with Crippen LogP contribution in [0.25, 0.3) is 5.57 Å². The van der Waals surface area contributed by atoms with Crippen molar-refractivity contribution in [3.63, 3.8) is 0 Å². The molecule has 0 heterocycles. The fourth-order valence-electron chi connectivity index (χ4n) is 2.26. The van der Waals surface area contributed by atoms with Crippen molar-refractivity contribution in [2.45, 2.75) is 20.8 Å². The summed E-state index contributed by atoms with van der Waals surface area (Å²) in [6, 6.07) is 18.9. The standard InChI is InChI=1S/C20H25O3P/c1-4-21-24(22-5-2)23-16-15-20(18-9-7-6-8-10-18)19-13-11-17(3)12-14-19/h6-15H,4-5,16H2,1-3H3/b20-15-. The largest absolute Gasteiger partial charge is 0.332 e. The molecule has 0 fully saturated rings. The first-order valence-corrected chi connectivity index (χ1v) is 9.35. The summed E-state index contributed by atoms with van der Waals surface area (Å²) in [6.45, 7) is 7.59. The molecule has 2 rings (SSSR count). The summed E-state index contributed by atoms with van der Waals surface area (Å²) in [5.74, 6) is 0. The molecule has 24 heavy (non-hydrogen) atoms. The molecular formula is C20H25O3P. The zero-order valence-corrected chi connectivity index (χ0v) is 15.5. The maximum absolute atomic E-state index is 5.76. The molecule has 0 atom stereocenters. The molecule has 0 saturated heterocycles. The summed E-state index contributed by atoms with van der Waals surface area (Å²) in [7, 11) is -1.28. The lowest BCUT2D eigenvalue weighted by Gasteiger charge is -2.14. The minimum Gasteiger partial charge on any atom is -0.313 e. The lowest BCUT2D eigenvalue weighted by atomic mass is 9.97. The van der Waals surface area contributed by atoms with E-state index in [1.807, 2.05) is 32.0 Å². The smallest absolute Gasteiger partial charge is 0.313 e. The van der Waals surface area contributed by atoms with E-state index in [1.54, 1.807) is 0 Å². The molecular weight excluding hydrogens is 319 g/mol. The van der Waals surface area contributed by atoms with E-state index in [2.05, 4.69) is 49.4 Å². The van der Waals surface area contributed by atoms with Crippen molar-refractivity contribution in [2.75, 3.05) is 19.8 Å². The molecule has 0 aromatic heterocycles. The molecule has 0 bridgehead atoms. The summed E-state index contributed by atoms with van der Waals surface area (Å²) in [5.41, 5.74) is 4.74. The summed E-state index contributed by atoms with van der Waals surface area (Å²) in [5, 5.41) is 0. The highest BCUT2D eigenvalue weighted by molar-refractivity contribution is 7.41. The zero-order valence-electron chi connectivity index (χ0n) is 14.6. The molecule has 0 aliphatic rings. The van der Waals surface area contributed by atoms with Gasteiger partial charge < -0.3 is 13.6 Å². The third-order valence-corrected chi connectivity index (χ3v) is 4.68. The van der Waals surface area contributed by atoms with Crippen LogP contribution >= 0.6 is 8.60 Å². The molecule has 4 heteroatoms. The van der Waals surface area contributed by atoms with Crippen LogP contribution in [0.15, 0.2) is 60.7 Å². The summed E-state index contributed by atoms with van der Waals surface area (Å²) < 4.78 is 16.7. The average Bonchev–Trinajstić information content (AvgIpc) is 2.61. The van der Waals surface area contributed by atoms with Gasteiger partial charge in [0, 0.05) is 0 Å². The van der Waals surface area contributed by atoms with Crippen LogP contribution in [0.2, 0.25) is 0 Å². The van der Waals surface area contributed by atoms with Crippen molar-refractivity contribution in [1.29, 1.82) is 0 Å². The Balaban J connectivity index is 2.18. The van der Waals surface area contributed by atoms with E-state index < -0.39 is 8.60 Å². The van der Waals surface area contributed by atoms with Crippen molar-refractivity contribution < 1.29 is 13.6 Å². The monoisotopic (exact) mass is 344 g/mol. The Hall–Kier alpha value is -1.51. The predicted octanol–water partition coefficient (Wildman–Crippen LogP) is 5.74. The maximum atomic E-state index is 5.76. The third kappa shape index (κ3) is 5.85. The van der Waals surface area contributed by atoms with Crippen molar-refractivity contribution in [3.05, 3.63) is 77.4 Å². The second kappa shape index (κ2) is 10.4. The summed E-state index contributed by atoms with van der Waals surface area (Å²) in [4.78, 5) is 0. The van der Waals surface area contributed by atoms with Gasteiger partial charge in [-0.2, -0.15) is 0 Å². The van der Waals surface area contributed by atoms with E-state index in [-0.39, 0.29) is 0 Å². The highest BCUT2D eigenvalue weighted by atomic mass is 31.2. The number of rotatable bonds is 9. The first kappa shape index (κ1) is 18.8. The minimum absolute atomic E-state index is 0.448. The minimum atomic E-state index is -1.28. The van der Waals surface area contributed by atoms with E-state index in [9.17, 15) is 0 Å². The average molecular weight is 344 g/mol. The van der Waals surface area contributed by atoms with Crippen LogP contribution in [0.3, 0.4) is 0 Å². The van der Waals surface area contributed by atoms with E-state index in [1.165, 1.54) is 16.7 Å². The fourth-order valence-corrected chi connectivity index (χ4v) is 3.10. The first-order chi connectivity index (χ1) is 11.7. The van der Waals surface area contributed by atoms with Crippen LogP contribution in [0.4, 0.5) is 0 Å². The molecule has 0 spiro atoms. The van der Waals surface area contributed by atoms with E-state index in [4.69, 9.17) is 13.6 Å². The molecule has 2 aromatic rings. The van der Waals surface area contributed by atoms with Crippen LogP contribution in [0.1, 0.15) is 30.5 Å². The Morgan fingerprint density at radius 2 is 1.42 bits per heavy atom. The van der Waals surface area contributed by atoms with Crippen molar-refractivity contribution in [3.8, 4) is 0 Å². The van der Waals surface area contributed by atoms with Gasteiger partial charge in [0.15, 0.2) is 0 Å². The van der Waals surface area contributed by atoms with Crippen LogP contribution in [0.5, 0.6) is 0 Å². The van der Waals surface area contributed by atoms with Crippen LogP contribution in [0, 0.1) is 6.92 Å². The summed E-state index contributed by atoms with van der Waals surface area (Å²) in [6.07, 6.45) is 2.09. The molecule has 3 nitrogen and oxygen atoms in total. The van der Waals surface area contributed by atoms with Crippen LogP contribution < -0.4 is 0 Å². The van der Waals surface area contributed by atoms with Gasteiger partial charge in [-0.15, -0.1) is 0 Å². The van der Waals surface area contributed by atoms with E-state index in [0.29, 0.717) is 19.8 Å². The predicted molar refractivity (Wildman–Crippen MR) is 101 cm³/mol. The Morgan fingerprint density at radius 1 is 0.833 bits per heavy atom. The second-order valence-corrected chi connectivity index (χ2v) is 6.43. The van der Waals surface area contributed by atoms with Gasteiger partial charge in [0.2, 0.25) is 0 Å². The lowest BCUT2D eigenvalue weighted by Crippen LogP contribution is -1.97. The van der Waals surface area contributed by atoms with Crippen molar-refractivity contribution in [1.82, 2.24) is 0 Å². The SMILES string of the molecule is CCOP(OCC)OC/C=C(/c1ccccc1)c1ccc(C)cc1. The number of aryl methyl sites for hydroxylation is 1. The van der Waals surface area contributed by atoms with Gasteiger partial charge in [-0.1, -0.05) is 60.2 Å². The Morgan fingerprint density at radius 3 is 2.00 bits per heavy atom. The summed E-state index contributed by atoms with van der Waals surface area (Å²) >= 11 is 0. The van der Waals surface area contributed by atoms with Gasteiger partial charge in [-0.05, 0) is 43.5 Å². The molecule has 0 unspecified atom stereocenters. The molecule has 0 N–H and O–H groups in total. The van der Waals surface area contributed by atoms with Gasteiger partial charge in [0.25, 0.3) is 0 Å². The van der Waals surface area contributed by atoms with Gasteiger partial charge in [-0.25, -0.2) is 0 Å². The molecule has 0 amide bonds. The number of hydrogen-bond donors (Lipinski definition) is 0. The van der Waals surface area contributed by atoms with Crippen molar-refractivity contribution in [2.24, 2.45) is 0 Å². The molecule has 0 saturated carbocycles. The second-order valence-electron chi connectivity index (χ2n) is 5.20. The Bertz CT molecular complexity index is 617. The molecule has 0 aliphatic heterocycles. The Labute approximate surface area is 146 Å². The zero-order chi connectivity index (χ0) is 17.2. The quantitative estimate of drug-likeness (QED) is 0.543. The molecule has 0 radical (unpaired) electrons. The van der Waals surface area contributed by atoms with E-state index >= 15 is 0 Å². The van der Waals surface area contributed by atoms with Crippen LogP contribution in [-0.4, -0.2) is 19.8 Å². The van der Waals surface area contributed by atoms with Crippen molar-refractivity contribution >= 4 is 14.2 Å². The maximum Gasteiger partial charge on any atom is 0.332 e. The highest BCUT2D eigenvalue weighted by Crippen LogP contribution is 2.39. The third-order valence-electron chi connectivity index (χ3n) is 3.38. The lowest BCUT2D eigenvalue weighted by molar-refractivity contribution is 0.182. The first-order valence-electron chi connectivity index (χ1n) is 8.26. The van der Waals surface area contributed by atoms with Gasteiger partial charge in [-0.3, -0.25) is 0 Å². The number of hydrogen-bond acceptors (Lipinski definition) is 3. The topological polar surface area (TPSA) is 27.7 Å². The molecule has 128 valence electrons. The van der Waals surface area contributed by atoms with Gasteiger partial charge in [0.1, 0.15) is 0 Å². The van der Waals surface area contributed by atoms with Gasteiger partial charge in [0.05, 0.1) is 19.8 Å². The van der Waals surface area contributed by atoms with E-state index in [0.717, 1.165) is 5.57 Å².